The van der Waals surface area contributed by atoms with Crippen molar-refractivity contribution in [2.75, 3.05) is 20.2 Å². The standard InChI is InChI=1S/C22H23N5O2/c1-13(2)29-18-5-4-14(8-19(18)28-3)20-17-10-27-7-6-15(17)16(9-23)21(26)22(20,11-24)12-25/h4-6,8,13,17,20,27H,7,10,26H2,1-3H3/t17-,20-/m1/s1. The molecular weight excluding hydrogens is 366 g/mol. The number of ether oxygens (including phenoxy) is 2. The number of rotatable bonds is 4. The van der Waals surface area contributed by atoms with Gasteiger partial charge in [-0.05, 0) is 37.1 Å². The molecule has 1 aliphatic carbocycles. The Morgan fingerprint density at radius 2 is 1.93 bits per heavy atom. The highest BCUT2D eigenvalue weighted by molar-refractivity contribution is 5.60. The third kappa shape index (κ3) is 3.18. The molecule has 0 saturated heterocycles. The molecule has 0 aromatic heterocycles. The molecular formula is C22H23N5O2. The Bertz CT molecular complexity index is 989. The Labute approximate surface area is 170 Å². The highest BCUT2D eigenvalue weighted by atomic mass is 16.5. The van der Waals surface area contributed by atoms with Crippen LogP contribution in [0.4, 0.5) is 0 Å². The van der Waals surface area contributed by atoms with E-state index in [1.54, 1.807) is 19.2 Å². The lowest BCUT2D eigenvalue weighted by Gasteiger charge is -2.43. The first-order chi connectivity index (χ1) is 13.9. The second-order valence-electron chi connectivity index (χ2n) is 7.41. The highest BCUT2D eigenvalue weighted by Gasteiger charge is 2.54. The van der Waals surface area contributed by atoms with Crippen LogP contribution in [-0.4, -0.2) is 26.3 Å². The summed E-state index contributed by atoms with van der Waals surface area (Å²) in [7, 11) is 1.55. The summed E-state index contributed by atoms with van der Waals surface area (Å²) < 4.78 is 11.3. The largest absolute Gasteiger partial charge is 0.493 e. The molecule has 7 heteroatoms. The Kier molecular flexibility index (Phi) is 5.50. The summed E-state index contributed by atoms with van der Waals surface area (Å²) >= 11 is 0. The van der Waals surface area contributed by atoms with Crippen LogP contribution in [0.25, 0.3) is 0 Å². The average molecular weight is 389 g/mol. The molecule has 1 aliphatic heterocycles. The number of hydrogen-bond donors (Lipinski definition) is 2. The van der Waals surface area contributed by atoms with Crippen LogP contribution in [0.2, 0.25) is 0 Å². The van der Waals surface area contributed by atoms with Gasteiger partial charge in [-0.25, -0.2) is 0 Å². The van der Waals surface area contributed by atoms with Gasteiger partial charge in [0.05, 0.1) is 36.6 Å². The van der Waals surface area contributed by atoms with E-state index in [1.807, 2.05) is 26.0 Å². The van der Waals surface area contributed by atoms with Crippen molar-refractivity contribution in [2.24, 2.45) is 17.1 Å². The summed E-state index contributed by atoms with van der Waals surface area (Å²) in [4.78, 5) is 0. The van der Waals surface area contributed by atoms with Gasteiger partial charge in [0, 0.05) is 24.9 Å². The number of nitrogens with one attached hydrogen (secondary N) is 1. The predicted molar refractivity (Wildman–Crippen MR) is 106 cm³/mol. The van der Waals surface area contributed by atoms with Gasteiger partial charge in [-0.3, -0.25) is 0 Å². The predicted octanol–water partition coefficient (Wildman–Crippen LogP) is 2.50. The molecule has 1 aromatic rings. The summed E-state index contributed by atoms with van der Waals surface area (Å²) in [6, 6.07) is 11.8. The zero-order valence-corrected chi connectivity index (χ0v) is 16.7. The van der Waals surface area contributed by atoms with Gasteiger partial charge < -0.3 is 20.5 Å². The minimum atomic E-state index is -1.66. The number of benzene rings is 1. The molecule has 148 valence electrons. The zero-order chi connectivity index (χ0) is 21.2. The van der Waals surface area contributed by atoms with Crippen molar-refractivity contribution < 1.29 is 9.47 Å². The lowest BCUT2D eigenvalue weighted by Crippen LogP contribution is -2.46. The van der Waals surface area contributed by atoms with Gasteiger partial charge in [-0.2, -0.15) is 15.8 Å². The summed E-state index contributed by atoms with van der Waals surface area (Å²) in [5, 5.41) is 33.1. The molecule has 0 unspecified atom stereocenters. The molecule has 2 aliphatic rings. The summed E-state index contributed by atoms with van der Waals surface area (Å²) in [6.07, 6.45) is 1.88. The lowest BCUT2D eigenvalue weighted by molar-refractivity contribution is 0.229. The zero-order valence-electron chi connectivity index (χ0n) is 16.7. The number of fused-ring (bicyclic) bond motifs is 1. The molecule has 2 atom stereocenters. The quantitative estimate of drug-likeness (QED) is 0.809. The van der Waals surface area contributed by atoms with Gasteiger partial charge >= 0.3 is 0 Å². The van der Waals surface area contributed by atoms with Crippen molar-refractivity contribution in [2.45, 2.75) is 25.9 Å². The van der Waals surface area contributed by atoms with E-state index in [-0.39, 0.29) is 23.3 Å². The molecule has 3 N–H and O–H groups in total. The van der Waals surface area contributed by atoms with Crippen molar-refractivity contribution in [3.8, 4) is 29.7 Å². The van der Waals surface area contributed by atoms with E-state index >= 15 is 0 Å². The highest BCUT2D eigenvalue weighted by Crippen LogP contribution is 2.54. The molecule has 0 bridgehead atoms. The van der Waals surface area contributed by atoms with E-state index in [1.165, 1.54) is 0 Å². The van der Waals surface area contributed by atoms with Crippen LogP contribution in [-0.2, 0) is 0 Å². The smallest absolute Gasteiger partial charge is 0.191 e. The second kappa shape index (κ2) is 7.87. The van der Waals surface area contributed by atoms with Crippen molar-refractivity contribution in [3.63, 3.8) is 0 Å². The van der Waals surface area contributed by atoms with Crippen LogP contribution in [0.1, 0.15) is 25.3 Å². The van der Waals surface area contributed by atoms with E-state index < -0.39 is 11.3 Å². The number of nitrogens with zero attached hydrogens (tertiary/aromatic N) is 3. The minimum absolute atomic E-state index is 0.0147. The molecule has 0 saturated carbocycles. The van der Waals surface area contributed by atoms with Gasteiger partial charge in [0.2, 0.25) is 0 Å². The van der Waals surface area contributed by atoms with Gasteiger partial charge in [-0.1, -0.05) is 12.1 Å². The monoisotopic (exact) mass is 389 g/mol. The Morgan fingerprint density at radius 3 is 2.52 bits per heavy atom. The summed E-state index contributed by atoms with van der Waals surface area (Å²) in [6.45, 7) is 4.98. The van der Waals surface area contributed by atoms with Crippen molar-refractivity contribution >= 4 is 0 Å². The van der Waals surface area contributed by atoms with Crippen molar-refractivity contribution in [1.82, 2.24) is 5.32 Å². The number of nitriles is 3. The number of methoxy groups -OCH3 is 1. The number of allylic oxidation sites excluding steroid dienone is 2. The van der Waals surface area contributed by atoms with Crippen LogP contribution in [0.3, 0.4) is 0 Å². The van der Waals surface area contributed by atoms with E-state index in [2.05, 4.69) is 23.5 Å². The average Bonchev–Trinajstić information content (AvgIpc) is 2.73. The molecule has 0 spiro atoms. The maximum Gasteiger partial charge on any atom is 0.191 e. The van der Waals surface area contributed by atoms with Crippen LogP contribution in [0.5, 0.6) is 11.5 Å². The normalized spacial score (nSPS) is 22.6. The Balaban J connectivity index is 2.24. The van der Waals surface area contributed by atoms with Gasteiger partial charge in [-0.15, -0.1) is 0 Å². The van der Waals surface area contributed by atoms with Crippen LogP contribution in [0.15, 0.2) is 41.1 Å². The third-order valence-electron chi connectivity index (χ3n) is 5.46. The van der Waals surface area contributed by atoms with Crippen LogP contribution in [0, 0.1) is 45.3 Å². The van der Waals surface area contributed by atoms with Gasteiger partial charge in [0.15, 0.2) is 16.9 Å². The first kappa shape index (κ1) is 20.3. The first-order valence-electron chi connectivity index (χ1n) is 9.42. The third-order valence-corrected chi connectivity index (χ3v) is 5.46. The maximum absolute atomic E-state index is 10.1. The fraction of sp³-hybridized carbons (Fsp3) is 0.409. The van der Waals surface area contributed by atoms with E-state index in [0.717, 1.165) is 11.1 Å². The topological polar surface area (TPSA) is 128 Å². The SMILES string of the molecule is COc1cc([C@@H]2[C@@H]3CNCC=C3C(C#N)=C(N)C2(C#N)C#N)ccc1OC(C)C. The first-order valence-corrected chi connectivity index (χ1v) is 9.42. The van der Waals surface area contributed by atoms with Crippen molar-refractivity contribution in [3.05, 3.63) is 46.7 Å². The van der Waals surface area contributed by atoms with E-state index in [4.69, 9.17) is 15.2 Å². The van der Waals surface area contributed by atoms with Crippen LogP contribution >= 0.6 is 0 Å². The molecule has 0 amide bonds. The maximum atomic E-state index is 10.1. The molecule has 1 aromatic carbocycles. The lowest BCUT2D eigenvalue weighted by atomic mass is 9.58. The molecule has 0 fully saturated rings. The molecule has 3 rings (SSSR count). The Hall–Kier alpha value is -3.47. The number of nitrogens with two attached hydrogens (primary N) is 1. The fourth-order valence-corrected chi connectivity index (χ4v) is 4.21. The van der Waals surface area contributed by atoms with Crippen molar-refractivity contribution in [1.29, 1.82) is 15.8 Å². The van der Waals surface area contributed by atoms with Gasteiger partial charge in [0.25, 0.3) is 0 Å². The molecule has 7 nitrogen and oxygen atoms in total. The summed E-state index contributed by atoms with van der Waals surface area (Å²) in [5.74, 6) is 0.298. The van der Waals surface area contributed by atoms with Crippen LogP contribution < -0.4 is 20.5 Å². The van der Waals surface area contributed by atoms with Gasteiger partial charge in [0.1, 0.15) is 6.07 Å². The Morgan fingerprint density at radius 1 is 1.21 bits per heavy atom. The summed E-state index contributed by atoms with van der Waals surface area (Å²) in [5.41, 5.74) is 6.41. The van der Waals surface area contributed by atoms with E-state index in [0.29, 0.717) is 24.6 Å². The van der Waals surface area contributed by atoms with E-state index in [9.17, 15) is 15.8 Å². The minimum Gasteiger partial charge on any atom is -0.493 e. The second-order valence-corrected chi connectivity index (χ2v) is 7.41. The fourth-order valence-electron chi connectivity index (χ4n) is 4.21. The molecule has 1 heterocycles. The molecule has 0 radical (unpaired) electrons. The molecule has 29 heavy (non-hydrogen) atoms. The number of hydrogen-bond acceptors (Lipinski definition) is 7.